The van der Waals surface area contributed by atoms with Crippen LogP contribution < -0.4 is 0 Å². The molecule has 2 aromatic rings. The van der Waals surface area contributed by atoms with Gasteiger partial charge in [-0.25, -0.2) is 0 Å². The number of rotatable bonds is 4. The van der Waals surface area contributed by atoms with Crippen molar-refractivity contribution in [3.8, 4) is 0 Å². The van der Waals surface area contributed by atoms with Gasteiger partial charge in [0.05, 0.1) is 12.2 Å². The lowest BCUT2D eigenvalue weighted by Gasteiger charge is -2.47. The van der Waals surface area contributed by atoms with Crippen LogP contribution >= 0.6 is 0 Å². The Bertz CT molecular complexity index is 584. The zero-order valence-corrected chi connectivity index (χ0v) is 13.2. The van der Waals surface area contributed by atoms with E-state index in [1.807, 2.05) is 56.8 Å². The summed E-state index contributed by atoms with van der Waals surface area (Å²) >= 11 is 0. The van der Waals surface area contributed by atoms with E-state index in [0.29, 0.717) is 0 Å². The van der Waals surface area contributed by atoms with Gasteiger partial charge in [0.15, 0.2) is 0 Å². The van der Waals surface area contributed by atoms with Gasteiger partial charge in [-0.15, -0.1) is 0 Å². The molecule has 1 aliphatic rings. The van der Waals surface area contributed by atoms with E-state index in [2.05, 4.69) is 20.0 Å². The molecule has 0 amide bonds. The second-order valence-corrected chi connectivity index (χ2v) is 6.36. The second kappa shape index (κ2) is 6.20. The summed E-state index contributed by atoms with van der Waals surface area (Å²) < 4.78 is 0. The van der Waals surface area contributed by atoms with Crippen LogP contribution in [0.2, 0.25) is 0 Å². The molecule has 2 heterocycles. The van der Waals surface area contributed by atoms with Gasteiger partial charge in [0, 0.05) is 31.4 Å². The molecule has 2 N–H and O–H groups in total. The molecule has 1 aromatic carbocycles. The fourth-order valence-corrected chi connectivity index (χ4v) is 3.40. The lowest BCUT2D eigenvalue weighted by Crippen LogP contribution is -2.58. The van der Waals surface area contributed by atoms with Gasteiger partial charge in [-0.1, -0.05) is 30.3 Å². The van der Waals surface area contributed by atoms with Gasteiger partial charge in [-0.05, 0) is 26.1 Å². The molecule has 1 saturated heterocycles. The zero-order chi connectivity index (χ0) is 15.6. The highest BCUT2D eigenvalue weighted by atomic mass is 16.3. The summed E-state index contributed by atoms with van der Waals surface area (Å²) in [5.74, 6) is 0. The van der Waals surface area contributed by atoms with Crippen LogP contribution in [0.3, 0.4) is 0 Å². The van der Waals surface area contributed by atoms with E-state index in [0.717, 1.165) is 31.6 Å². The monoisotopic (exact) mass is 300 g/mol. The molecular formula is C17H24N4O. The molecule has 0 aliphatic carbocycles. The van der Waals surface area contributed by atoms with Crippen LogP contribution in [0.15, 0.2) is 42.7 Å². The molecular weight excluding hydrogens is 276 g/mol. The summed E-state index contributed by atoms with van der Waals surface area (Å²) in [5.41, 5.74) is 1.40. The number of nitrogens with zero attached hydrogens (tertiary/aromatic N) is 3. The Labute approximate surface area is 131 Å². The standard InChI is InChI=1S/C17H24N4O/c1-20(2)16-13-21(12-14-10-18-19-11-14)9-8-17(16,22)15-6-4-3-5-7-15/h3-7,10-11,16,22H,8-9,12-13H2,1-2H3,(H,18,19)/t16-,17+/m1/s1. The van der Waals surface area contributed by atoms with Crippen molar-refractivity contribution in [2.75, 3.05) is 27.2 Å². The predicted molar refractivity (Wildman–Crippen MR) is 86.3 cm³/mol. The van der Waals surface area contributed by atoms with Crippen LogP contribution in [0.5, 0.6) is 0 Å². The van der Waals surface area contributed by atoms with Crippen molar-refractivity contribution < 1.29 is 5.11 Å². The third kappa shape index (κ3) is 2.92. The lowest BCUT2D eigenvalue weighted by molar-refractivity contribution is -0.0892. The number of aromatic nitrogens is 2. The third-order valence-electron chi connectivity index (χ3n) is 4.65. The van der Waals surface area contributed by atoms with Gasteiger partial charge in [0.1, 0.15) is 5.60 Å². The Morgan fingerprint density at radius 1 is 1.36 bits per heavy atom. The van der Waals surface area contributed by atoms with E-state index in [1.54, 1.807) is 0 Å². The van der Waals surface area contributed by atoms with Gasteiger partial charge < -0.3 is 10.0 Å². The number of benzene rings is 1. The first-order valence-electron chi connectivity index (χ1n) is 7.74. The van der Waals surface area contributed by atoms with Gasteiger partial charge in [0.2, 0.25) is 0 Å². The van der Waals surface area contributed by atoms with Crippen LogP contribution in [0.4, 0.5) is 0 Å². The predicted octanol–water partition coefficient (Wildman–Crippen LogP) is 1.43. The van der Waals surface area contributed by atoms with Gasteiger partial charge >= 0.3 is 0 Å². The maximum Gasteiger partial charge on any atom is 0.107 e. The number of aromatic amines is 1. The smallest absolute Gasteiger partial charge is 0.107 e. The van der Waals surface area contributed by atoms with Crippen molar-refractivity contribution in [2.45, 2.75) is 24.6 Å². The molecule has 5 nitrogen and oxygen atoms in total. The number of nitrogens with one attached hydrogen (secondary N) is 1. The molecule has 1 aromatic heterocycles. The number of aliphatic hydroxyl groups is 1. The minimum Gasteiger partial charge on any atom is -0.383 e. The van der Waals surface area contributed by atoms with Crippen molar-refractivity contribution >= 4 is 0 Å². The van der Waals surface area contributed by atoms with Crippen LogP contribution in [-0.4, -0.2) is 58.3 Å². The molecule has 0 spiro atoms. The van der Waals surface area contributed by atoms with E-state index < -0.39 is 5.60 Å². The second-order valence-electron chi connectivity index (χ2n) is 6.36. The quantitative estimate of drug-likeness (QED) is 0.897. The summed E-state index contributed by atoms with van der Waals surface area (Å²) in [6.07, 6.45) is 4.53. The molecule has 3 rings (SSSR count). The minimum atomic E-state index is -0.794. The summed E-state index contributed by atoms with van der Waals surface area (Å²) in [7, 11) is 4.08. The molecule has 0 saturated carbocycles. The fraction of sp³-hybridized carbons (Fsp3) is 0.471. The Morgan fingerprint density at radius 2 is 2.14 bits per heavy atom. The van der Waals surface area contributed by atoms with E-state index in [-0.39, 0.29) is 6.04 Å². The SMILES string of the molecule is CN(C)[C@@H]1CN(Cc2cn[nH]c2)CC[C@]1(O)c1ccccc1. The number of hydrogen-bond donors (Lipinski definition) is 2. The molecule has 1 aliphatic heterocycles. The first kappa shape index (κ1) is 15.2. The molecule has 0 radical (unpaired) electrons. The highest BCUT2D eigenvalue weighted by Gasteiger charge is 2.43. The number of H-pyrrole nitrogens is 1. The van der Waals surface area contributed by atoms with Crippen LogP contribution in [0.25, 0.3) is 0 Å². The highest BCUT2D eigenvalue weighted by molar-refractivity contribution is 5.26. The van der Waals surface area contributed by atoms with Crippen molar-refractivity contribution in [3.63, 3.8) is 0 Å². The van der Waals surface area contributed by atoms with Crippen molar-refractivity contribution in [2.24, 2.45) is 0 Å². The fourth-order valence-electron chi connectivity index (χ4n) is 3.40. The van der Waals surface area contributed by atoms with Crippen LogP contribution in [0, 0.1) is 0 Å². The van der Waals surface area contributed by atoms with Crippen molar-refractivity contribution in [3.05, 3.63) is 53.9 Å². The summed E-state index contributed by atoms with van der Waals surface area (Å²) in [6, 6.07) is 10.1. The Balaban J connectivity index is 1.79. The average Bonchev–Trinajstić information content (AvgIpc) is 3.03. The molecule has 22 heavy (non-hydrogen) atoms. The van der Waals surface area contributed by atoms with Gasteiger partial charge in [0.25, 0.3) is 0 Å². The van der Waals surface area contributed by atoms with E-state index in [9.17, 15) is 5.11 Å². The molecule has 5 heteroatoms. The number of piperidine rings is 1. The summed E-state index contributed by atoms with van der Waals surface area (Å²) in [6.45, 7) is 2.58. The largest absolute Gasteiger partial charge is 0.383 e. The van der Waals surface area contributed by atoms with Crippen LogP contribution in [-0.2, 0) is 12.1 Å². The Hall–Kier alpha value is -1.69. The van der Waals surface area contributed by atoms with Crippen molar-refractivity contribution in [1.82, 2.24) is 20.0 Å². The highest BCUT2D eigenvalue weighted by Crippen LogP contribution is 2.35. The minimum absolute atomic E-state index is 0.0653. The average molecular weight is 300 g/mol. The van der Waals surface area contributed by atoms with E-state index in [1.165, 1.54) is 5.56 Å². The van der Waals surface area contributed by atoms with Gasteiger partial charge in [-0.2, -0.15) is 5.10 Å². The Morgan fingerprint density at radius 3 is 2.77 bits per heavy atom. The van der Waals surface area contributed by atoms with Crippen molar-refractivity contribution in [1.29, 1.82) is 0 Å². The molecule has 2 atom stereocenters. The maximum absolute atomic E-state index is 11.3. The lowest BCUT2D eigenvalue weighted by atomic mass is 9.80. The number of likely N-dealkylation sites (tertiary alicyclic amines) is 1. The number of hydrogen-bond acceptors (Lipinski definition) is 4. The third-order valence-corrected chi connectivity index (χ3v) is 4.65. The Kier molecular flexibility index (Phi) is 4.29. The molecule has 0 unspecified atom stereocenters. The summed E-state index contributed by atoms with van der Waals surface area (Å²) in [4.78, 5) is 4.52. The molecule has 0 bridgehead atoms. The first-order chi connectivity index (χ1) is 10.6. The van der Waals surface area contributed by atoms with Crippen LogP contribution in [0.1, 0.15) is 17.5 Å². The molecule has 118 valence electrons. The zero-order valence-electron chi connectivity index (χ0n) is 13.2. The number of likely N-dealkylation sites (N-methyl/N-ethyl adjacent to an activating group) is 1. The van der Waals surface area contributed by atoms with E-state index >= 15 is 0 Å². The first-order valence-corrected chi connectivity index (χ1v) is 7.74. The topological polar surface area (TPSA) is 55.4 Å². The normalized spacial score (nSPS) is 26.5. The molecule has 1 fully saturated rings. The van der Waals surface area contributed by atoms with E-state index in [4.69, 9.17) is 0 Å². The van der Waals surface area contributed by atoms with Gasteiger partial charge in [-0.3, -0.25) is 10.00 Å². The summed E-state index contributed by atoms with van der Waals surface area (Å²) in [5, 5.41) is 18.2. The maximum atomic E-state index is 11.3.